The maximum Gasteiger partial charge on any atom is 0.339 e. The number of hydrogen-bond donors (Lipinski definition) is 1. The van der Waals surface area contributed by atoms with Crippen molar-refractivity contribution >= 4 is 11.9 Å². The van der Waals surface area contributed by atoms with Gasteiger partial charge in [0.05, 0.1) is 0 Å². The molecule has 6 nitrogen and oxygen atoms in total. The van der Waals surface area contributed by atoms with Gasteiger partial charge in [-0.1, -0.05) is 12.1 Å². The topological polar surface area (TPSA) is 76.1 Å². The van der Waals surface area contributed by atoms with Crippen molar-refractivity contribution in [2.24, 2.45) is 0 Å². The average Bonchev–Trinajstić information content (AvgIpc) is 3.21. The van der Waals surface area contributed by atoms with Crippen LogP contribution in [0.2, 0.25) is 0 Å². The Hall–Kier alpha value is -3.02. The summed E-state index contributed by atoms with van der Waals surface area (Å²) in [5.74, 6) is -0.311. The standard InChI is InChI=1S/C20H19NO5/c22-19(21-7-1-2-8-21)14-5-3-13(4-6-14)15-11-16(20(23)24)18-17(12-15)25-9-10-26-18/h3-6,11-12H,1-2,7-10H2,(H,23,24). The lowest BCUT2D eigenvalue weighted by atomic mass is 10.00. The van der Waals surface area contributed by atoms with Gasteiger partial charge in [-0.2, -0.15) is 0 Å². The number of nitrogens with zero attached hydrogens (tertiary/aromatic N) is 1. The molecule has 2 heterocycles. The fraction of sp³-hybridized carbons (Fsp3) is 0.300. The minimum atomic E-state index is -1.06. The molecule has 4 rings (SSSR count). The van der Waals surface area contributed by atoms with Crippen LogP contribution in [0, 0.1) is 0 Å². The lowest BCUT2D eigenvalue weighted by Gasteiger charge is -2.21. The summed E-state index contributed by atoms with van der Waals surface area (Å²) < 4.78 is 11.0. The highest BCUT2D eigenvalue weighted by Gasteiger charge is 2.23. The Morgan fingerprint density at radius 3 is 2.31 bits per heavy atom. The van der Waals surface area contributed by atoms with Crippen LogP contribution >= 0.6 is 0 Å². The monoisotopic (exact) mass is 353 g/mol. The number of fused-ring (bicyclic) bond motifs is 1. The second-order valence-electron chi connectivity index (χ2n) is 6.43. The van der Waals surface area contributed by atoms with Crippen molar-refractivity contribution in [3.63, 3.8) is 0 Å². The van der Waals surface area contributed by atoms with E-state index in [1.807, 2.05) is 17.0 Å². The minimum Gasteiger partial charge on any atom is -0.486 e. The van der Waals surface area contributed by atoms with Crippen LogP contribution in [-0.4, -0.2) is 48.2 Å². The average molecular weight is 353 g/mol. The van der Waals surface area contributed by atoms with E-state index in [9.17, 15) is 14.7 Å². The first-order chi connectivity index (χ1) is 12.6. The summed E-state index contributed by atoms with van der Waals surface area (Å²) >= 11 is 0. The Balaban J connectivity index is 1.66. The predicted molar refractivity (Wildman–Crippen MR) is 95.0 cm³/mol. The first kappa shape index (κ1) is 16.4. The molecule has 0 saturated carbocycles. The van der Waals surface area contributed by atoms with Gasteiger partial charge in [0.2, 0.25) is 0 Å². The van der Waals surface area contributed by atoms with Crippen LogP contribution in [0.15, 0.2) is 36.4 Å². The summed E-state index contributed by atoms with van der Waals surface area (Å²) in [7, 11) is 0. The number of ether oxygens (including phenoxy) is 2. The van der Waals surface area contributed by atoms with Gasteiger partial charge in [0.1, 0.15) is 18.8 Å². The van der Waals surface area contributed by atoms with Gasteiger partial charge in [-0.05, 0) is 48.2 Å². The molecule has 26 heavy (non-hydrogen) atoms. The van der Waals surface area contributed by atoms with Crippen LogP contribution in [0.5, 0.6) is 11.5 Å². The van der Waals surface area contributed by atoms with Crippen LogP contribution in [-0.2, 0) is 0 Å². The number of carboxylic acids is 1. The fourth-order valence-electron chi connectivity index (χ4n) is 3.39. The molecule has 0 aromatic heterocycles. The summed E-state index contributed by atoms with van der Waals surface area (Å²) in [4.78, 5) is 25.9. The largest absolute Gasteiger partial charge is 0.486 e. The molecule has 1 fully saturated rings. The van der Waals surface area contributed by atoms with Gasteiger partial charge in [0, 0.05) is 18.7 Å². The molecule has 0 atom stereocenters. The van der Waals surface area contributed by atoms with E-state index in [0.29, 0.717) is 30.1 Å². The van der Waals surface area contributed by atoms with E-state index >= 15 is 0 Å². The summed E-state index contributed by atoms with van der Waals surface area (Å²) in [5, 5.41) is 9.46. The molecule has 2 aromatic rings. The Bertz CT molecular complexity index is 853. The SMILES string of the molecule is O=C(O)c1cc(-c2ccc(C(=O)N3CCCC3)cc2)cc2c1OCCO2. The van der Waals surface area contributed by atoms with Gasteiger partial charge in [-0.25, -0.2) is 4.79 Å². The zero-order valence-corrected chi connectivity index (χ0v) is 14.2. The predicted octanol–water partition coefficient (Wildman–Crippen LogP) is 3.06. The zero-order chi connectivity index (χ0) is 18.1. The molecule has 0 aliphatic carbocycles. The Labute approximate surface area is 151 Å². The summed E-state index contributed by atoms with van der Waals surface area (Å²) in [6.45, 7) is 2.34. The number of carbonyl (C=O) groups excluding carboxylic acids is 1. The van der Waals surface area contributed by atoms with E-state index in [0.717, 1.165) is 31.5 Å². The number of benzene rings is 2. The zero-order valence-electron chi connectivity index (χ0n) is 14.2. The minimum absolute atomic E-state index is 0.0439. The molecular formula is C20H19NO5. The second-order valence-corrected chi connectivity index (χ2v) is 6.43. The molecule has 2 aromatic carbocycles. The van der Waals surface area contributed by atoms with Gasteiger partial charge >= 0.3 is 5.97 Å². The molecule has 1 saturated heterocycles. The number of aromatic carboxylic acids is 1. The molecule has 6 heteroatoms. The highest BCUT2D eigenvalue weighted by Crippen LogP contribution is 2.38. The number of rotatable bonds is 3. The molecule has 2 aliphatic rings. The number of hydrogen-bond acceptors (Lipinski definition) is 4. The third-order valence-corrected chi connectivity index (χ3v) is 4.73. The highest BCUT2D eigenvalue weighted by atomic mass is 16.6. The van der Waals surface area contributed by atoms with Gasteiger partial charge in [0.15, 0.2) is 11.5 Å². The third kappa shape index (κ3) is 2.98. The van der Waals surface area contributed by atoms with E-state index in [1.165, 1.54) is 0 Å². The first-order valence-corrected chi connectivity index (χ1v) is 8.70. The second kappa shape index (κ2) is 6.71. The van der Waals surface area contributed by atoms with Crippen LogP contribution in [0.4, 0.5) is 0 Å². The molecule has 134 valence electrons. The van der Waals surface area contributed by atoms with E-state index < -0.39 is 5.97 Å². The van der Waals surface area contributed by atoms with E-state index in [1.54, 1.807) is 24.3 Å². The fourth-order valence-corrected chi connectivity index (χ4v) is 3.39. The highest BCUT2D eigenvalue weighted by molar-refractivity contribution is 5.96. The lowest BCUT2D eigenvalue weighted by molar-refractivity contribution is 0.0685. The van der Waals surface area contributed by atoms with Crippen molar-refractivity contribution in [2.75, 3.05) is 26.3 Å². The van der Waals surface area contributed by atoms with Crippen LogP contribution < -0.4 is 9.47 Å². The van der Waals surface area contributed by atoms with Crippen LogP contribution in [0.3, 0.4) is 0 Å². The van der Waals surface area contributed by atoms with E-state index in [2.05, 4.69) is 0 Å². The molecule has 0 bridgehead atoms. The van der Waals surface area contributed by atoms with Crippen LogP contribution in [0.25, 0.3) is 11.1 Å². The van der Waals surface area contributed by atoms with Crippen LogP contribution in [0.1, 0.15) is 33.6 Å². The molecule has 0 unspecified atom stereocenters. The van der Waals surface area contributed by atoms with E-state index in [4.69, 9.17) is 9.47 Å². The van der Waals surface area contributed by atoms with Crippen molar-refractivity contribution in [1.29, 1.82) is 0 Å². The molecule has 1 N–H and O–H groups in total. The molecule has 0 radical (unpaired) electrons. The molecular weight excluding hydrogens is 334 g/mol. The van der Waals surface area contributed by atoms with Gasteiger partial charge in [0.25, 0.3) is 5.91 Å². The third-order valence-electron chi connectivity index (χ3n) is 4.73. The lowest BCUT2D eigenvalue weighted by Crippen LogP contribution is -2.27. The molecule has 0 spiro atoms. The number of carboxylic acid groups (broad SMARTS) is 1. The number of amides is 1. The summed E-state index contributed by atoms with van der Waals surface area (Å²) in [6.07, 6.45) is 2.11. The Morgan fingerprint density at radius 1 is 0.923 bits per heavy atom. The molecule has 2 aliphatic heterocycles. The van der Waals surface area contributed by atoms with Crippen molar-refractivity contribution in [3.05, 3.63) is 47.5 Å². The smallest absolute Gasteiger partial charge is 0.339 e. The van der Waals surface area contributed by atoms with Gasteiger partial charge in [-0.3, -0.25) is 4.79 Å². The summed E-state index contributed by atoms with van der Waals surface area (Å²) in [5.41, 5.74) is 2.26. The van der Waals surface area contributed by atoms with Gasteiger partial charge in [-0.15, -0.1) is 0 Å². The van der Waals surface area contributed by atoms with Crippen molar-refractivity contribution in [2.45, 2.75) is 12.8 Å². The quantitative estimate of drug-likeness (QED) is 0.918. The van der Waals surface area contributed by atoms with Crippen molar-refractivity contribution in [1.82, 2.24) is 4.90 Å². The number of carbonyl (C=O) groups is 2. The van der Waals surface area contributed by atoms with Crippen molar-refractivity contribution < 1.29 is 24.2 Å². The first-order valence-electron chi connectivity index (χ1n) is 8.70. The Kier molecular flexibility index (Phi) is 4.24. The Morgan fingerprint density at radius 2 is 1.62 bits per heavy atom. The van der Waals surface area contributed by atoms with Crippen molar-refractivity contribution in [3.8, 4) is 22.6 Å². The maximum atomic E-state index is 12.4. The maximum absolute atomic E-state index is 12.4. The summed E-state index contributed by atoms with van der Waals surface area (Å²) in [6, 6.07) is 10.6. The van der Waals surface area contributed by atoms with Gasteiger partial charge < -0.3 is 19.5 Å². The normalized spacial score (nSPS) is 15.8. The molecule has 1 amide bonds. The number of likely N-dealkylation sites (tertiary alicyclic amines) is 1. The van der Waals surface area contributed by atoms with E-state index in [-0.39, 0.29) is 17.2 Å².